The van der Waals surface area contributed by atoms with Crippen molar-refractivity contribution in [2.45, 2.75) is 38.6 Å². The van der Waals surface area contributed by atoms with E-state index in [4.69, 9.17) is 18.9 Å². The van der Waals surface area contributed by atoms with E-state index in [2.05, 4.69) is 5.32 Å². The lowest BCUT2D eigenvalue weighted by atomic mass is 10.0. The molecule has 0 aliphatic carbocycles. The third-order valence-electron chi connectivity index (χ3n) is 7.15. The molecule has 4 rings (SSSR count). The number of ether oxygens (including phenoxy) is 4. The molecule has 0 bridgehead atoms. The number of benzene rings is 2. The van der Waals surface area contributed by atoms with Gasteiger partial charge in [0.25, 0.3) is 11.8 Å². The van der Waals surface area contributed by atoms with E-state index in [1.165, 1.54) is 18.1 Å². The number of nitrogens with zero attached hydrogens (tertiary/aromatic N) is 2. The number of fused-ring (bicyclic) bond motifs is 2. The number of rotatable bonds is 5. The van der Waals surface area contributed by atoms with Crippen molar-refractivity contribution in [2.24, 2.45) is 5.92 Å². The summed E-state index contributed by atoms with van der Waals surface area (Å²) in [6.07, 6.45) is -5.63. The summed E-state index contributed by atoms with van der Waals surface area (Å²) in [5.41, 5.74) is 0.930. The Morgan fingerprint density at radius 2 is 1.77 bits per heavy atom. The lowest BCUT2D eigenvalue weighted by Gasteiger charge is -2.36. The van der Waals surface area contributed by atoms with Crippen molar-refractivity contribution >= 4 is 17.5 Å². The molecule has 0 aromatic heterocycles. The maximum atomic E-state index is 13.5. The standard InChI is InChI=1S/C28H34F3N3O6/c1-17-13-34(10-9-28(29,30)31)18(2)15-38-22-8-6-20(12-21(22)27(36)33(3)14-25(17)37-4)32-26(35)19-5-7-23-24(11-19)40-16-39-23/h5-8,11-12,17-18,25H,9-10,13-16H2,1-4H3,(H,32,35)/t17-,18-,25-/m1/s1. The molecule has 2 aliphatic heterocycles. The van der Waals surface area contributed by atoms with Gasteiger partial charge < -0.3 is 29.2 Å². The summed E-state index contributed by atoms with van der Waals surface area (Å²) in [5, 5.41) is 2.79. The van der Waals surface area contributed by atoms with Gasteiger partial charge in [0.2, 0.25) is 6.79 Å². The Hall–Kier alpha value is -3.51. The Balaban J connectivity index is 1.59. The number of methoxy groups -OCH3 is 1. The first-order valence-corrected chi connectivity index (χ1v) is 13.0. The van der Waals surface area contributed by atoms with Gasteiger partial charge in [0, 0.05) is 51.1 Å². The second kappa shape index (κ2) is 12.3. The number of carbonyl (C=O) groups is 2. The largest absolute Gasteiger partial charge is 0.491 e. The smallest absolute Gasteiger partial charge is 0.390 e. The van der Waals surface area contributed by atoms with Crippen molar-refractivity contribution in [3.8, 4) is 17.2 Å². The molecule has 0 unspecified atom stereocenters. The normalized spacial score (nSPS) is 22.1. The molecule has 2 heterocycles. The molecule has 9 nitrogen and oxygen atoms in total. The Labute approximate surface area is 231 Å². The zero-order valence-electron chi connectivity index (χ0n) is 22.9. The van der Waals surface area contributed by atoms with Gasteiger partial charge in [0.15, 0.2) is 11.5 Å². The van der Waals surface area contributed by atoms with Crippen molar-refractivity contribution in [1.29, 1.82) is 0 Å². The number of likely N-dealkylation sites (N-methyl/N-ethyl adjacent to an activating group) is 1. The third-order valence-corrected chi connectivity index (χ3v) is 7.15. The minimum atomic E-state index is -4.28. The molecule has 1 N–H and O–H groups in total. The van der Waals surface area contributed by atoms with Gasteiger partial charge in [-0.25, -0.2) is 0 Å². The van der Waals surface area contributed by atoms with Crippen molar-refractivity contribution in [1.82, 2.24) is 9.80 Å². The van der Waals surface area contributed by atoms with E-state index >= 15 is 0 Å². The number of nitrogens with one attached hydrogen (secondary N) is 1. The number of amides is 2. The van der Waals surface area contributed by atoms with E-state index in [1.807, 2.05) is 6.92 Å². The van der Waals surface area contributed by atoms with Gasteiger partial charge >= 0.3 is 6.18 Å². The maximum absolute atomic E-state index is 13.5. The summed E-state index contributed by atoms with van der Waals surface area (Å²) in [7, 11) is 3.15. The van der Waals surface area contributed by atoms with E-state index in [9.17, 15) is 22.8 Å². The van der Waals surface area contributed by atoms with Crippen LogP contribution in [0.2, 0.25) is 0 Å². The quantitative estimate of drug-likeness (QED) is 0.574. The van der Waals surface area contributed by atoms with Crippen LogP contribution >= 0.6 is 0 Å². The molecule has 3 atom stereocenters. The molecule has 2 aromatic rings. The lowest BCUT2D eigenvalue weighted by molar-refractivity contribution is -0.140. The van der Waals surface area contributed by atoms with E-state index in [-0.39, 0.29) is 55.7 Å². The third kappa shape index (κ3) is 7.16. The molecule has 218 valence electrons. The van der Waals surface area contributed by atoms with E-state index in [0.717, 1.165) is 0 Å². The highest BCUT2D eigenvalue weighted by Gasteiger charge is 2.32. The van der Waals surface area contributed by atoms with Crippen molar-refractivity contribution in [3.63, 3.8) is 0 Å². The number of carbonyl (C=O) groups excluding carboxylic acids is 2. The fraction of sp³-hybridized carbons (Fsp3) is 0.500. The molecular weight excluding hydrogens is 531 g/mol. The van der Waals surface area contributed by atoms with Crippen molar-refractivity contribution in [2.75, 3.05) is 52.5 Å². The van der Waals surface area contributed by atoms with Crippen molar-refractivity contribution < 1.29 is 41.7 Å². The van der Waals surface area contributed by atoms with Crippen molar-refractivity contribution in [3.05, 3.63) is 47.5 Å². The average Bonchev–Trinajstić information content (AvgIpc) is 3.39. The minimum absolute atomic E-state index is 0.0646. The topological polar surface area (TPSA) is 89.6 Å². The highest BCUT2D eigenvalue weighted by Crippen LogP contribution is 2.33. The molecule has 12 heteroatoms. The summed E-state index contributed by atoms with van der Waals surface area (Å²) >= 11 is 0. The van der Waals surface area contributed by atoms with Crippen LogP contribution in [0.15, 0.2) is 36.4 Å². The molecule has 2 aromatic carbocycles. The summed E-state index contributed by atoms with van der Waals surface area (Å²) in [6.45, 7) is 4.22. The SMILES string of the molecule is CO[C@@H]1CN(C)C(=O)c2cc(NC(=O)c3ccc4c(c3)OCO4)ccc2OC[C@@H](C)N(CCC(F)(F)F)C[C@H]1C. The van der Waals surface area contributed by atoms with Gasteiger partial charge in [-0.15, -0.1) is 0 Å². The molecule has 0 radical (unpaired) electrons. The molecule has 0 saturated carbocycles. The first-order valence-electron chi connectivity index (χ1n) is 13.0. The van der Waals surface area contributed by atoms with E-state index in [0.29, 0.717) is 29.3 Å². The van der Waals surface area contributed by atoms with Crippen LogP contribution in [-0.4, -0.2) is 87.1 Å². The molecule has 0 fully saturated rings. The summed E-state index contributed by atoms with van der Waals surface area (Å²) in [6, 6.07) is 9.17. The van der Waals surface area contributed by atoms with Gasteiger partial charge in [0.1, 0.15) is 12.4 Å². The summed E-state index contributed by atoms with van der Waals surface area (Å²) in [5.74, 6) is 0.374. The van der Waals surface area contributed by atoms with E-state index < -0.39 is 24.6 Å². The maximum Gasteiger partial charge on any atom is 0.390 e. The molecule has 2 amide bonds. The predicted octanol–water partition coefficient (Wildman–Crippen LogP) is 4.43. The number of anilines is 1. The van der Waals surface area contributed by atoms with Gasteiger partial charge in [-0.05, 0) is 49.2 Å². The van der Waals surface area contributed by atoms with Crippen LogP contribution < -0.4 is 19.5 Å². The zero-order valence-corrected chi connectivity index (χ0v) is 22.9. The highest BCUT2D eigenvalue weighted by atomic mass is 19.4. The second-order valence-electron chi connectivity index (χ2n) is 10.2. The highest BCUT2D eigenvalue weighted by molar-refractivity contribution is 6.06. The van der Waals surface area contributed by atoms with Gasteiger partial charge in [-0.3, -0.25) is 14.5 Å². The average molecular weight is 566 g/mol. The number of alkyl halides is 3. The second-order valence-corrected chi connectivity index (χ2v) is 10.2. The van der Waals surface area contributed by atoms with Gasteiger partial charge in [-0.2, -0.15) is 13.2 Å². The molecular formula is C28H34F3N3O6. The Bertz CT molecular complexity index is 1220. The predicted molar refractivity (Wildman–Crippen MR) is 141 cm³/mol. The number of hydrogen-bond acceptors (Lipinski definition) is 7. The zero-order chi connectivity index (χ0) is 29.0. The Morgan fingerprint density at radius 1 is 1.05 bits per heavy atom. The summed E-state index contributed by atoms with van der Waals surface area (Å²) in [4.78, 5) is 29.7. The number of halogens is 3. The molecule has 2 aliphatic rings. The number of hydrogen-bond donors (Lipinski definition) is 1. The van der Waals surface area contributed by atoms with Crippen LogP contribution in [0.3, 0.4) is 0 Å². The fourth-order valence-electron chi connectivity index (χ4n) is 4.75. The first-order chi connectivity index (χ1) is 18.9. The van der Waals surface area contributed by atoms with Crippen LogP contribution in [0.4, 0.5) is 18.9 Å². The molecule has 0 spiro atoms. The first kappa shape index (κ1) is 29.5. The molecule has 40 heavy (non-hydrogen) atoms. The van der Waals surface area contributed by atoms with Crippen LogP contribution in [0.25, 0.3) is 0 Å². The van der Waals surface area contributed by atoms with E-state index in [1.54, 1.807) is 49.2 Å². The lowest BCUT2D eigenvalue weighted by Crippen LogP contribution is -2.47. The Morgan fingerprint density at radius 3 is 2.50 bits per heavy atom. The minimum Gasteiger partial charge on any atom is -0.491 e. The van der Waals surface area contributed by atoms with Crippen LogP contribution in [-0.2, 0) is 4.74 Å². The Kier molecular flexibility index (Phi) is 9.09. The van der Waals surface area contributed by atoms with Crippen LogP contribution in [0, 0.1) is 5.92 Å². The molecule has 0 saturated heterocycles. The monoisotopic (exact) mass is 565 g/mol. The van der Waals surface area contributed by atoms with Gasteiger partial charge in [0.05, 0.1) is 18.1 Å². The fourth-order valence-corrected chi connectivity index (χ4v) is 4.75. The van der Waals surface area contributed by atoms with Gasteiger partial charge in [-0.1, -0.05) is 6.92 Å². The van der Waals surface area contributed by atoms with Crippen LogP contribution in [0.5, 0.6) is 17.2 Å². The van der Waals surface area contributed by atoms with Crippen LogP contribution in [0.1, 0.15) is 41.0 Å². The summed E-state index contributed by atoms with van der Waals surface area (Å²) < 4.78 is 61.4.